The lowest BCUT2D eigenvalue weighted by atomic mass is 10.2. The number of benzene rings is 1. The second-order valence-electron chi connectivity index (χ2n) is 8.14. The maximum absolute atomic E-state index is 12.7. The molecule has 0 saturated carbocycles. The van der Waals surface area contributed by atoms with E-state index in [9.17, 15) is 14.4 Å². The fraction of sp³-hybridized carbons (Fsp3) is 0.500. The number of thioether (sulfide) groups is 1. The van der Waals surface area contributed by atoms with Crippen LogP contribution in [0.3, 0.4) is 0 Å². The van der Waals surface area contributed by atoms with Crippen LogP contribution in [0.15, 0.2) is 23.1 Å². The number of nitrogens with zero attached hydrogens (tertiary/aromatic N) is 2. The number of carbonyl (C=O) groups is 3. The van der Waals surface area contributed by atoms with Crippen molar-refractivity contribution in [2.75, 3.05) is 19.9 Å². The lowest BCUT2D eigenvalue weighted by molar-refractivity contribution is -0.127. The first kappa shape index (κ1) is 21.7. The summed E-state index contributed by atoms with van der Waals surface area (Å²) in [5.41, 5.74) is 0.755. The van der Waals surface area contributed by atoms with Crippen molar-refractivity contribution in [3.05, 3.63) is 28.7 Å². The standard InChI is InChI=1S/C22H27N3O5S/c1-13-4-5-14(2)25(13)15(3)20(26)23-8-9-24-21(27)19(31-22(24)28)11-16-6-7-17-18(10-16)30-12-29-17/h6-7,10-11,13-15H,4-5,8-9,12H2,1-3H3,(H,23,26)/b19-11-. The summed E-state index contributed by atoms with van der Waals surface area (Å²) in [6, 6.07) is 5.86. The number of amides is 3. The number of ether oxygens (including phenoxy) is 2. The van der Waals surface area contributed by atoms with Gasteiger partial charge in [0.1, 0.15) is 0 Å². The molecule has 3 unspecified atom stereocenters. The molecule has 0 bridgehead atoms. The van der Waals surface area contributed by atoms with E-state index in [1.165, 1.54) is 4.90 Å². The Kier molecular flexibility index (Phi) is 6.24. The fourth-order valence-electron chi connectivity index (χ4n) is 4.40. The average Bonchev–Trinajstić information content (AvgIpc) is 3.41. The van der Waals surface area contributed by atoms with Crippen LogP contribution in [0.5, 0.6) is 11.5 Å². The predicted molar refractivity (Wildman–Crippen MR) is 118 cm³/mol. The van der Waals surface area contributed by atoms with Gasteiger partial charge in [-0.15, -0.1) is 0 Å². The highest BCUT2D eigenvalue weighted by Gasteiger charge is 2.36. The maximum Gasteiger partial charge on any atom is 0.293 e. The van der Waals surface area contributed by atoms with Gasteiger partial charge in [-0.2, -0.15) is 0 Å². The van der Waals surface area contributed by atoms with E-state index in [0.717, 1.165) is 30.2 Å². The van der Waals surface area contributed by atoms with Gasteiger partial charge in [-0.1, -0.05) is 6.07 Å². The minimum absolute atomic E-state index is 0.0801. The number of nitrogens with one attached hydrogen (secondary N) is 1. The molecule has 3 amide bonds. The Bertz CT molecular complexity index is 924. The summed E-state index contributed by atoms with van der Waals surface area (Å²) in [6.07, 6.45) is 3.85. The second-order valence-corrected chi connectivity index (χ2v) is 9.13. The van der Waals surface area contributed by atoms with Crippen molar-refractivity contribution in [1.82, 2.24) is 15.1 Å². The van der Waals surface area contributed by atoms with Crippen LogP contribution < -0.4 is 14.8 Å². The van der Waals surface area contributed by atoms with Crippen molar-refractivity contribution in [2.45, 2.75) is 51.7 Å². The van der Waals surface area contributed by atoms with E-state index in [4.69, 9.17) is 9.47 Å². The Hall–Kier alpha value is -2.52. The van der Waals surface area contributed by atoms with Gasteiger partial charge in [0.2, 0.25) is 12.7 Å². The van der Waals surface area contributed by atoms with Gasteiger partial charge in [0, 0.05) is 25.2 Å². The molecule has 9 heteroatoms. The van der Waals surface area contributed by atoms with Gasteiger partial charge in [-0.05, 0) is 69.1 Å². The smallest absolute Gasteiger partial charge is 0.293 e. The van der Waals surface area contributed by atoms with Gasteiger partial charge in [0.15, 0.2) is 11.5 Å². The zero-order chi connectivity index (χ0) is 22.1. The van der Waals surface area contributed by atoms with Crippen LogP contribution in [0, 0.1) is 0 Å². The minimum Gasteiger partial charge on any atom is -0.454 e. The molecule has 2 fully saturated rings. The summed E-state index contributed by atoms with van der Waals surface area (Å²) in [4.78, 5) is 41.4. The van der Waals surface area contributed by atoms with Gasteiger partial charge in [-0.25, -0.2) is 0 Å². The minimum atomic E-state index is -0.350. The second kappa shape index (κ2) is 8.92. The van der Waals surface area contributed by atoms with Gasteiger partial charge in [0.05, 0.1) is 10.9 Å². The predicted octanol–water partition coefficient (Wildman–Crippen LogP) is 2.83. The van der Waals surface area contributed by atoms with Crippen LogP contribution in [0.2, 0.25) is 0 Å². The van der Waals surface area contributed by atoms with Crippen molar-refractivity contribution < 1.29 is 23.9 Å². The number of imide groups is 1. The Balaban J connectivity index is 1.33. The Labute approximate surface area is 185 Å². The SMILES string of the molecule is CC1CCC(C)N1C(C)C(=O)NCCN1C(=O)S/C(=C\c2ccc3c(c2)OCO3)C1=O. The Morgan fingerprint density at radius 1 is 1.23 bits per heavy atom. The van der Waals surface area contributed by atoms with E-state index in [0.29, 0.717) is 28.5 Å². The van der Waals surface area contributed by atoms with E-state index >= 15 is 0 Å². The van der Waals surface area contributed by atoms with Gasteiger partial charge in [-0.3, -0.25) is 24.2 Å². The van der Waals surface area contributed by atoms with E-state index in [1.807, 2.05) is 13.0 Å². The van der Waals surface area contributed by atoms with Gasteiger partial charge >= 0.3 is 0 Å². The monoisotopic (exact) mass is 445 g/mol. The summed E-state index contributed by atoms with van der Waals surface area (Å²) >= 11 is 0.902. The molecule has 3 aliphatic heterocycles. The van der Waals surface area contributed by atoms with Crippen LogP contribution in [0.25, 0.3) is 6.08 Å². The van der Waals surface area contributed by atoms with Crippen molar-refractivity contribution in [3.63, 3.8) is 0 Å². The fourth-order valence-corrected chi connectivity index (χ4v) is 5.26. The summed E-state index contributed by atoms with van der Waals surface area (Å²) in [7, 11) is 0. The average molecular weight is 446 g/mol. The van der Waals surface area contributed by atoms with Gasteiger partial charge < -0.3 is 14.8 Å². The third-order valence-corrected chi connectivity index (χ3v) is 6.96. The highest BCUT2D eigenvalue weighted by atomic mass is 32.2. The zero-order valence-corrected chi connectivity index (χ0v) is 18.7. The first-order valence-electron chi connectivity index (χ1n) is 10.6. The summed E-state index contributed by atoms with van der Waals surface area (Å²) < 4.78 is 10.6. The number of likely N-dealkylation sites (tertiary alicyclic amines) is 1. The molecule has 0 aliphatic carbocycles. The van der Waals surface area contributed by atoms with Crippen LogP contribution >= 0.6 is 11.8 Å². The molecule has 1 aromatic carbocycles. The highest BCUT2D eigenvalue weighted by Crippen LogP contribution is 2.36. The van der Waals surface area contributed by atoms with Crippen LogP contribution in [-0.4, -0.2) is 64.9 Å². The molecule has 0 aromatic heterocycles. The van der Waals surface area contributed by atoms with E-state index in [1.54, 1.807) is 18.2 Å². The summed E-state index contributed by atoms with van der Waals surface area (Å²) in [6.45, 7) is 6.74. The molecule has 2 saturated heterocycles. The first-order chi connectivity index (χ1) is 14.8. The highest BCUT2D eigenvalue weighted by molar-refractivity contribution is 8.18. The first-order valence-corrected chi connectivity index (χ1v) is 11.4. The number of rotatable bonds is 6. The number of fused-ring (bicyclic) bond motifs is 1. The molecule has 0 spiro atoms. The largest absolute Gasteiger partial charge is 0.454 e. The normalized spacial score (nSPS) is 25.5. The molecule has 0 radical (unpaired) electrons. The molecule has 4 rings (SSSR count). The topological polar surface area (TPSA) is 88.2 Å². The van der Waals surface area contributed by atoms with Crippen LogP contribution in [-0.2, 0) is 9.59 Å². The maximum atomic E-state index is 12.7. The Morgan fingerprint density at radius 2 is 1.94 bits per heavy atom. The van der Waals surface area contributed by atoms with Crippen molar-refractivity contribution in [3.8, 4) is 11.5 Å². The third-order valence-electron chi connectivity index (χ3n) is 6.05. The molecule has 3 atom stereocenters. The van der Waals surface area contributed by atoms with Crippen molar-refractivity contribution in [1.29, 1.82) is 0 Å². The molecule has 166 valence electrons. The molecule has 3 aliphatic rings. The molecular formula is C22H27N3O5S. The lowest BCUT2D eigenvalue weighted by Gasteiger charge is -2.31. The number of hydrogen-bond acceptors (Lipinski definition) is 7. The van der Waals surface area contributed by atoms with E-state index in [2.05, 4.69) is 24.1 Å². The third kappa shape index (κ3) is 4.43. The Morgan fingerprint density at radius 3 is 2.68 bits per heavy atom. The van der Waals surface area contributed by atoms with Crippen molar-refractivity contribution in [2.24, 2.45) is 0 Å². The lowest BCUT2D eigenvalue weighted by Crippen LogP contribution is -2.50. The number of carbonyl (C=O) groups excluding carboxylic acids is 3. The molecular weight excluding hydrogens is 418 g/mol. The molecule has 1 aromatic rings. The van der Waals surface area contributed by atoms with E-state index in [-0.39, 0.29) is 43.0 Å². The molecule has 1 N–H and O–H groups in total. The molecule has 3 heterocycles. The molecule has 8 nitrogen and oxygen atoms in total. The van der Waals surface area contributed by atoms with E-state index < -0.39 is 0 Å². The van der Waals surface area contributed by atoms with Crippen molar-refractivity contribution >= 4 is 34.9 Å². The van der Waals surface area contributed by atoms with Crippen LogP contribution in [0.1, 0.15) is 39.2 Å². The number of hydrogen-bond donors (Lipinski definition) is 1. The van der Waals surface area contributed by atoms with Gasteiger partial charge in [0.25, 0.3) is 11.1 Å². The van der Waals surface area contributed by atoms with Crippen LogP contribution in [0.4, 0.5) is 4.79 Å². The quantitative estimate of drug-likeness (QED) is 0.674. The summed E-state index contributed by atoms with van der Waals surface area (Å²) in [5.74, 6) is 0.847. The summed E-state index contributed by atoms with van der Waals surface area (Å²) in [5, 5.41) is 2.54. The molecule has 31 heavy (non-hydrogen) atoms. The zero-order valence-electron chi connectivity index (χ0n) is 17.9.